The van der Waals surface area contributed by atoms with E-state index < -0.39 is 112 Å². The van der Waals surface area contributed by atoms with Gasteiger partial charge in [-0.2, -0.15) is 15.0 Å². The number of anilines is 2. The highest BCUT2D eigenvalue weighted by Crippen LogP contribution is 2.36. The number of piperidine rings is 1. The van der Waals surface area contributed by atoms with Gasteiger partial charge in [0.2, 0.25) is 56.6 Å². The Labute approximate surface area is 539 Å². The van der Waals surface area contributed by atoms with E-state index in [-0.39, 0.29) is 49.5 Å². The minimum Gasteiger partial charge on any atom is -0.445 e. The molecule has 3 aliphatic heterocycles. The number of nitrogens with zero attached hydrogens (tertiary/aromatic N) is 7. The molecule has 3 unspecified atom stereocenters. The van der Waals surface area contributed by atoms with Gasteiger partial charge in [0.1, 0.15) is 24.7 Å². The number of fused-ring (bicyclic) bond motifs is 4. The fourth-order valence-electron chi connectivity index (χ4n) is 11.6. The van der Waals surface area contributed by atoms with Gasteiger partial charge in [-0.15, -0.1) is 0 Å². The molecule has 6 N–H and O–H groups in total. The molecule has 26 nitrogen and oxygen atoms in total. The normalized spacial score (nSPS) is 19.9. The number of methoxy groups -OCH3 is 2. The topological polar surface area (TPSA) is 322 Å². The van der Waals surface area contributed by atoms with Gasteiger partial charge < -0.3 is 50.6 Å². The smallest absolute Gasteiger partial charge is 0.410 e. The van der Waals surface area contributed by atoms with Gasteiger partial charge in [0, 0.05) is 71.9 Å². The van der Waals surface area contributed by atoms with Crippen LogP contribution in [0.2, 0.25) is 0 Å². The predicted octanol–water partition coefficient (Wildman–Crippen LogP) is 5.33. The van der Waals surface area contributed by atoms with Gasteiger partial charge in [0.05, 0.1) is 48.4 Å². The highest BCUT2D eigenvalue weighted by molar-refractivity contribution is 8.00. The first-order valence-corrected chi connectivity index (χ1v) is 34.9. The number of ether oxygens (including phenoxy) is 3. The number of unbranched alkanes of at least 4 members (excludes halogenated alkanes) is 2. The number of aromatic nitrogens is 3. The third-order valence-corrected chi connectivity index (χ3v) is 20.9. The molecule has 6 rings (SSSR count). The van der Waals surface area contributed by atoms with Crippen LogP contribution in [0.3, 0.4) is 0 Å². The van der Waals surface area contributed by atoms with E-state index in [1.807, 2.05) is 27.7 Å². The molecule has 11 atom stereocenters. The largest absolute Gasteiger partial charge is 0.445 e. The second-order valence-corrected chi connectivity index (χ2v) is 29.2. The van der Waals surface area contributed by atoms with Crippen molar-refractivity contribution < 1.29 is 61.0 Å². The van der Waals surface area contributed by atoms with Crippen LogP contribution >= 0.6 is 23.7 Å². The number of benzene rings is 1. The molecule has 90 heavy (non-hydrogen) atoms. The Kier molecular flexibility index (Phi) is 28.2. The lowest BCUT2D eigenvalue weighted by Crippen LogP contribution is -2.56. The highest BCUT2D eigenvalue weighted by Gasteiger charge is 2.44. The van der Waals surface area contributed by atoms with Crippen LogP contribution < -0.4 is 31.3 Å². The lowest BCUT2D eigenvalue weighted by Gasteiger charge is -2.39. The van der Waals surface area contributed by atoms with Crippen molar-refractivity contribution in [1.29, 1.82) is 0 Å². The number of carbonyl (C=O) groups excluding carboxylic acids is 8. The summed E-state index contributed by atoms with van der Waals surface area (Å²) in [7, 11) is 2.11. The molecule has 1 saturated carbocycles. The lowest BCUT2D eigenvalue weighted by molar-refractivity contribution is -0.146. The van der Waals surface area contributed by atoms with E-state index >= 15 is 0 Å². The second kappa shape index (κ2) is 34.7. The van der Waals surface area contributed by atoms with Gasteiger partial charge in [-0.25, -0.2) is 17.5 Å². The Balaban J connectivity index is 0.922. The average Bonchev–Trinajstić information content (AvgIpc) is 1.60. The van der Waals surface area contributed by atoms with Crippen LogP contribution in [0.15, 0.2) is 34.6 Å². The van der Waals surface area contributed by atoms with Crippen molar-refractivity contribution in [3.05, 3.63) is 29.8 Å². The lowest BCUT2D eigenvalue weighted by atomic mass is 9.90. The SMILES string of the molecule is CC[C@H](C)[C@@H]([C@@H](CC(=O)N1CCC[C@H]1[C@H](OC)[C@@H](C)C(=O)N[C@@H](CC(C)C)C(=O)NS(=O)(=O)C1CC1)OC)N(C)C(=O)CNC(=O)C(C(C)C)N(C)C(=O)OCc1ccc(NC(=O)[C@H](C)NC(=O)CCCCCNc2nc3nc(n2)SN2CCCC(C2)S3)cc1. The molecular formula is C61H97N13O13S3. The number of likely N-dealkylation sites (N-methyl/N-ethyl adjacent to an activating group) is 2. The summed E-state index contributed by atoms with van der Waals surface area (Å²) in [5.41, 5.74) is 1.08. The van der Waals surface area contributed by atoms with Crippen molar-refractivity contribution >= 4 is 92.8 Å². The number of carbonyl (C=O) groups is 8. The van der Waals surface area contributed by atoms with Gasteiger partial charge in [-0.05, 0) is 112 Å². The van der Waals surface area contributed by atoms with E-state index in [1.165, 1.54) is 31.1 Å². The van der Waals surface area contributed by atoms with Crippen molar-refractivity contribution in [1.82, 2.24) is 54.6 Å². The van der Waals surface area contributed by atoms with Crippen molar-refractivity contribution in [2.75, 3.05) is 71.7 Å². The van der Waals surface area contributed by atoms with Gasteiger partial charge in [0.15, 0.2) is 5.16 Å². The molecule has 4 aliphatic rings. The first-order valence-electron chi connectivity index (χ1n) is 31.7. The Morgan fingerprint density at radius 2 is 1.49 bits per heavy atom. The number of sulfonamides is 1. The van der Waals surface area contributed by atoms with E-state index in [4.69, 9.17) is 14.2 Å². The third-order valence-electron chi connectivity index (χ3n) is 17.0. The van der Waals surface area contributed by atoms with E-state index in [1.54, 1.807) is 87.6 Å². The molecule has 4 heterocycles. The fourth-order valence-corrected chi connectivity index (χ4v) is 15.2. The van der Waals surface area contributed by atoms with Crippen LogP contribution in [0.5, 0.6) is 0 Å². The van der Waals surface area contributed by atoms with E-state index in [0.717, 1.165) is 43.9 Å². The van der Waals surface area contributed by atoms with Crippen molar-refractivity contribution in [2.24, 2.45) is 23.7 Å². The Bertz CT molecular complexity index is 2860. The minimum atomic E-state index is -3.85. The summed E-state index contributed by atoms with van der Waals surface area (Å²) >= 11 is 3.30. The number of rotatable bonds is 34. The quantitative estimate of drug-likeness (QED) is 0.0381. The summed E-state index contributed by atoms with van der Waals surface area (Å²) in [5.74, 6) is -4.18. The van der Waals surface area contributed by atoms with Crippen LogP contribution in [0, 0.1) is 23.7 Å². The molecule has 3 fully saturated rings. The van der Waals surface area contributed by atoms with Crippen LogP contribution in [-0.4, -0.2) is 204 Å². The van der Waals surface area contributed by atoms with Crippen LogP contribution in [-0.2, 0) is 64.4 Å². The van der Waals surface area contributed by atoms with Crippen molar-refractivity contribution in [3.63, 3.8) is 0 Å². The summed E-state index contributed by atoms with van der Waals surface area (Å²) < 4.78 is 47.2. The zero-order chi connectivity index (χ0) is 66.0. The van der Waals surface area contributed by atoms with E-state index in [0.29, 0.717) is 79.2 Å². The molecule has 2 saturated heterocycles. The molecule has 0 radical (unpaired) electrons. The first-order chi connectivity index (χ1) is 42.7. The maximum atomic E-state index is 14.4. The second-order valence-electron chi connectivity index (χ2n) is 24.9. The van der Waals surface area contributed by atoms with E-state index in [9.17, 15) is 46.8 Å². The number of likely N-dealkylation sites (tertiary alicyclic amines) is 1. The maximum absolute atomic E-state index is 14.4. The Morgan fingerprint density at radius 3 is 2.14 bits per heavy atom. The summed E-state index contributed by atoms with van der Waals surface area (Å²) in [6.07, 6.45) is 5.28. The Hall–Kier alpha value is -5.88. The molecule has 1 aromatic carbocycles. The van der Waals surface area contributed by atoms with Gasteiger partial charge in [-0.3, -0.25) is 43.2 Å². The zero-order valence-electron chi connectivity index (χ0n) is 54.4. The Morgan fingerprint density at radius 1 is 0.789 bits per heavy atom. The number of amides is 8. The van der Waals surface area contributed by atoms with Crippen molar-refractivity contribution in [2.45, 2.75) is 209 Å². The number of hydrogen-bond acceptors (Lipinski definition) is 20. The highest BCUT2D eigenvalue weighted by atomic mass is 32.2. The van der Waals surface area contributed by atoms with Gasteiger partial charge >= 0.3 is 6.09 Å². The summed E-state index contributed by atoms with van der Waals surface area (Å²) in [5, 5.41) is 15.7. The first kappa shape index (κ1) is 73.2. The molecule has 4 bridgehead atoms. The minimum absolute atomic E-state index is 0.0498. The predicted molar refractivity (Wildman–Crippen MR) is 343 cm³/mol. The zero-order valence-corrected chi connectivity index (χ0v) is 56.9. The molecule has 2 aromatic rings. The molecule has 1 aromatic heterocycles. The maximum Gasteiger partial charge on any atom is 0.410 e. The van der Waals surface area contributed by atoms with Crippen LogP contribution in [0.4, 0.5) is 16.4 Å². The number of hydrogen-bond donors (Lipinski definition) is 6. The molecule has 1 aliphatic carbocycles. The molecule has 8 amide bonds. The van der Waals surface area contributed by atoms with Gasteiger partial charge in [0.25, 0.3) is 5.91 Å². The monoisotopic (exact) mass is 1320 g/mol. The summed E-state index contributed by atoms with van der Waals surface area (Å²) in [4.78, 5) is 127. The number of nitrogens with one attached hydrogen (secondary N) is 6. The summed E-state index contributed by atoms with van der Waals surface area (Å²) in [6.45, 7) is 16.9. The number of thioether (sulfide) groups is 1. The molecule has 502 valence electrons. The average molecular weight is 1320 g/mol. The fraction of sp³-hybridized carbons (Fsp3) is 0.721. The molecular weight excluding hydrogens is 1220 g/mol. The third kappa shape index (κ3) is 21.3. The summed E-state index contributed by atoms with van der Waals surface area (Å²) in [6, 6.07) is 2.58. The van der Waals surface area contributed by atoms with Crippen LogP contribution in [0.1, 0.15) is 144 Å². The van der Waals surface area contributed by atoms with Gasteiger partial charge in [-0.1, -0.05) is 85.2 Å². The standard InChI is InChI=1S/C61H97N13O13S3/c1-13-38(6)52(47(85-11)32-49(76)74-30-18-20-46(74)53(86-12)39(7)54(78)66-45(31-36(2)3)56(80)70-90(83,84)44-26-27-44)71(9)50(77)33-63-57(81)51(37(4)5)72(10)61(82)87-35-41-22-24-42(25-23-41)65-55(79)40(8)64-48(75)21-15-14-16-28-62-58-67-59-69-60(68-58)89-73-29-17-19-43(34-73)88-59/h22-25,36-40,43-47,51-53H,13-21,26-35H2,1-12H3,(H,63,81)(H,64,75)(H,65,79)(H,66,78)(H,70,80)(H,62,67,68,69)/t38-,39+,40-,43?,45-,46-,47+,51?,52-,53+/m0/s1. The molecule has 0 spiro atoms. The molecule has 29 heteroatoms. The van der Waals surface area contributed by atoms with E-state index in [2.05, 4.69) is 50.6 Å². The van der Waals surface area contributed by atoms with Crippen molar-refractivity contribution in [3.8, 4) is 0 Å². The van der Waals surface area contributed by atoms with Crippen LogP contribution in [0.25, 0.3) is 0 Å².